The van der Waals surface area contributed by atoms with Crippen LogP contribution in [0.5, 0.6) is 0 Å². The van der Waals surface area contributed by atoms with E-state index in [-0.39, 0.29) is 12.4 Å². The summed E-state index contributed by atoms with van der Waals surface area (Å²) in [5.41, 5.74) is 6.49. The van der Waals surface area contributed by atoms with Crippen molar-refractivity contribution in [3.63, 3.8) is 0 Å². The Morgan fingerprint density at radius 2 is 2.07 bits per heavy atom. The van der Waals surface area contributed by atoms with Crippen LogP contribution in [-0.2, 0) is 0 Å². The number of hydrogen-bond donors (Lipinski definition) is 1. The van der Waals surface area contributed by atoms with Gasteiger partial charge in [-0.3, -0.25) is 4.79 Å². The molecular formula is C10H10ClN3O. The Morgan fingerprint density at radius 1 is 1.33 bits per heavy atom. The van der Waals surface area contributed by atoms with Gasteiger partial charge >= 0.3 is 0 Å². The highest BCUT2D eigenvalue weighted by Crippen LogP contribution is 2.12. The van der Waals surface area contributed by atoms with Crippen molar-refractivity contribution in [2.24, 2.45) is 5.73 Å². The topological polar surface area (TPSA) is 60.9 Å². The van der Waals surface area contributed by atoms with Gasteiger partial charge in [0.25, 0.3) is 5.91 Å². The predicted octanol–water partition coefficient (Wildman–Crippen LogP) is 1.39. The minimum atomic E-state index is -0.436. The van der Waals surface area contributed by atoms with Crippen LogP contribution in [0.2, 0.25) is 0 Å². The van der Waals surface area contributed by atoms with Crippen LogP contribution in [0.1, 0.15) is 10.4 Å². The van der Waals surface area contributed by atoms with Crippen LogP contribution in [0.4, 0.5) is 0 Å². The molecule has 2 N–H and O–H groups in total. The number of primary amides is 1. The molecule has 0 aliphatic carbocycles. The Kier molecular flexibility index (Phi) is 3.46. The molecule has 5 heteroatoms. The van der Waals surface area contributed by atoms with E-state index in [9.17, 15) is 4.79 Å². The van der Waals surface area contributed by atoms with Gasteiger partial charge in [-0.1, -0.05) is 12.1 Å². The van der Waals surface area contributed by atoms with E-state index in [0.29, 0.717) is 5.56 Å². The number of para-hydroxylation sites is 1. The Balaban J connectivity index is 0.00000112. The van der Waals surface area contributed by atoms with Gasteiger partial charge in [-0.15, -0.1) is 12.4 Å². The number of carbonyl (C=O) groups excluding carboxylic acids is 1. The highest BCUT2D eigenvalue weighted by molar-refractivity contribution is 5.96. The van der Waals surface area contributed by atoms with Gasteiger partial charge in [0, 0.05) is 12.4 Å². The molecule has 78 valence electrons. The molecule has 15 heavy (non-hydrogen) atoms. The van der Waals surface area contributed by atoms with Crippen molar-refractivity contribution in [3.8, 4) is 5.69 Å². The van der Waals surface area contributed by atoms with Gasteiger partial charge < -0.3 is 10.3 Å². The van der Waals surface area contributed by atoms with Crippen molar-refractivity contribution in [3.05, 3.63) is 48.5 Å². The molecule has 0 bridgehead atoms. The normalized spacial score (nSPS) is 9.33. The molecule has 2 rings (SSSR count). The first-order chi connectivity index (χ1) is 6.79. The molecule has 0 saturated carbocycles. The lowest BCUT2D eigenvalue weighted by Crippen LogP contribution is -2.14. The third kappa shape index (κ3) is 2.16. The van der Waals surface area contributed by atoms with Gasteiger partial charge in [-0.25, -0.2) is 4.98 Å². The summed E-state index contributed by atoms with van der Waals surface area (Å²) in [6.45, 7) is 0. The van der Waals surface area contributed by atoms with E-state index in [4.69, 9.17) is 5.73 Å². The molecule has 2 aromatic rings. The van der Waals surface area contributed by atoms with Crippen molar-refractivity contribution in [2.45, 2.75) is 0 Å². The molecule has 0 unspecified atom stereocenters. The van der Waals surface area contributed by atoms with E-state index in [2.05, 4.69) is 4.98 Å². The van der Waals surface area contributed by atoms with Crippen LogP contribution >= 0.6 is 12.4 Å². The molecule has 1 heterocycles. The Labute approximate surface area is 93.1 Å². The monoisotopic (exact) mass is 223 g/mol. The minimum absolute atomic E-state index is 0. The Hall–Kier alpha value is -1.81. The summed E-state index contributed by atoms with van der Waals surface area (Å²) in [5, 5.41) is 0. The fraction of sp³-hybridized carbons (Fsp3) is 0. The first kappa shape index (κ1) is 11.3. The molecule has 0 spiro atoms. The molecule has 1 aromatic carbocycles. The van der Waals surface area contributed by atoms with E-state index in [0.717, 1.165) is 5.69 Å². The number of rotatable bonds is 2. The standard InChI is InChI=1S/C10H9N3O.ClH/c11-10(14)8-3-1-2-4-9(8)13-6-5-12-7-13;/h1-7H,(H2,11,14);1H. The maximum absolute atomic E-state index is 11.1. The second kappa shape index (κ2) is 4.61. The summed E-state index contributed by atoms with van der Waals surface area (Å²) in [5.74, 6) is -0.436. The van der Waals surface area contributed by atoms with Gasteiger partial charge in [0.2, 0.25) is 0 Å². The fourth-order valence-electron chi connectivity index (χ4n) is 1.31. The van der Waals surface area contributed by atoms with Crippen LogP contribution in [0.15, 0.2) is 43.0 Å². The van der Waals surface area contributed by atoms with Crippen molar-refractivity contribution in [1.82, 2.24) is 9.55 Å². The molecule has 0 radical (unpaired) electrons. The average molecular weight is 224 g/mol. The van der Waals surface area contributed by atoms with Gasteiger partial charge in [-0.05, 0) is 12.1 Å². The van der Waals surface area contributed by atoms with Crippen LogP contribution in [0.25, 0.3) is 5.69 Å². The number of aromatic nitrogens is 2. The molecule has 0 aliphatic rings. The molecule has 0 fully saturated rings. The Bertz CT molecular complexity index is 453. The van der Waals surface area contributed by atoms with Gasteiger partial charge in [0.05, 0.1) is 17.6 Å². The van der Waals surface area contributed by atoms with E-state index < -0.39 is 5.91 Å². The quantitative estimate of drug-likeness (QED) is 0.837. The van der Waals surface area contributed by atoms with E-state index in [1.54, 1.807) is 35.4 Å². The summed E-state index contributed by atoms with van der Waals surface area (Å²) in [6.07, 6.45) is 5.04. The maximum atomic E-state index is 11.1. The summed E-state index contributed by atoms with van der Waals surface area (Å²) < 4.78 is 1.75. The van der Waals surface area contributed by atoms with E-state index >= 15 is 0 Å². The SMILES string of the molecule is Cl.NC(=O)c1ccccc1-n1ccnc1. The number of nitrogens with two attached hydrogens (primary N) is 1. The Morgan fingerprint density at radius 3 is 2.67 bits per heavy atom. The van der Waals surface area contributed by atoms with Gasteiger partial charge in [0.1, 0.15) is 0 Å². The second-order valence-corrected chi connectivity index (χ2v) is 2.85. The average Bonchev–Trinajstić information content (AvgIpc) is 2.70. The first-order valence-electron chi connectivity index (χ1n) is 4.16. The lowest BCUT2D eigenvalue weighted by Gasteiger charge is -2.05. The summed E-state index contributed by atoms with van der Waals surface area (Å²) in [6, 6.07) is 7.14. The van der Waals surface area contributed by atoms with Crippen molar-refractivity contribution < 1.29 is 4.79 Å². The number of benzene rings is 1. The molecule has 1 aromatic heterocycles. The summed E-state index contributed by atoms with van der Waals surface area (Å²) in [4.78, 5) is 15.0. The number of hydrogen-bond acceptors (Lipinski definition) is 2. The third-order valence-corrected chi connectivity index (χ3v) is 1.95. The minimum Gasteiger partial charge on any atom is -0.366 e. The first-order valence-corrected chi connectivity index (χ1v) is 4.16. The zero-order chi connectivity index (χ0) is 9.97. The zero-order valence-electron chi connectivity index (χ0n) is 7.83. The third-order valence-electron chi connectivity index (χ3n) is 1.95. The van der Waals surface area contributed by atoms with Crippen molar-refractivity contribution in [2.75, 3.05) is 0 Å². The van der Waals surface area contributed by atoms with Crippen LogP contribution in [-0.4, -0.2) is 15.5 Å². The number of amides is 1. The molecular weight excluding hydrogens is 214 g/mol. The highest BCUT2D eigenvalue weighted by Gasteiger charge is 2.07. The predicted molar refractivity (Wildman–Crippen MR) is 59.3 cm³/mol. The van der Waals surface area contributed by atoms with Crippen molar-refractivity contribution in [1.29, 1.82) is 0 Å². The lowest BCUT2D eigenvalue weighted by molar-refractivity contribution is 0.100. The second-order valence-electron chi connectivity index (χ2n) is 2.85. The number of halogens is 1. The van der Waals surface area contributed by atoms with Crippen LogP contribution in [0, 0.1) is 0 Å². The number of nitrogens with zero attached hydrogens (tertiary/aromatic N) is 2. The molecule has 0 aliphatic heterocycles. The molecule has 1 amide bonds. The molecule has 0 saturated heterocycles. The van der Waals surface area contributed by atoms with E-state index in [1.807, 2.05) is 12.1 Å². The number of carbonyl (C=O) groups is 1. The highest BCUT2D eigenvalue weighted by atomic mass is 35.5. The zero-order valence-corrected chi connectivity index (χ0v) is 8.65. The number of imidazole rings is 1. The largest absolute Gasteiger partial charge is 0.366 e. The fourth-order valence-corrected chi connectivity index (χ4v) is 1.31. The lowest BCUT2D eigenvalue weighted by atomic mass is 10.1. The molecule has 0 atom stereocenters. The van der Waals surface area contributed by atoms with Gasteiger partial charge in [-0.2, -0.15) is 0 Å². The summed E-state index contributed by atoms with van der Waals surface area (Å²) in [7, 11) is 0. The summed E-state index contributed by atoms with van der Waals surface area (Å²) >= 11 is 0. The van der Waals surface area contributed by atoms with Crippen LogP contribution in [0.3, 0.4) is 0 Å². The van der Waals surface area contributed by atoms with Gasteiger partial charge in [0.15, 0.2) is 0 Å². The van der Waals surface area contributed by atoms with Crippen LogP contribution < -0.4 is 5.73 Å². The van der Waals surface area contributed by atoms with Crippen molar-refractivity contribution >= 4 is 18.3 Å². The van der Waals surface area contributed by atoms with E-state index in [1.165, 1.54) is 0 Å². The maximum Gasteiger partial charge on any atom is 0.250 e. The molecule has 4 nitrogen and oxygen atoms in total. The smallest absolute Gasteiger partial charge is 0.250 e.